The first-order chi connectivity index (χ1) is 6.70. The van der Waals surface area contributed by atoms with E-state index in [1.54, 1.807) is 6.07 Å². The highest BCUT2D eigenvalue weighted by molar-refractivity contribution is 6.34. The average molecular weight is 189 g/mol. The lowest BCUT2D eigenvalue weighted by Crippen LogP contribution is -2.23. The van der Waals surface area contributed by atoms with Crippen molar-refractivity contribution >= 4 is 13.3 Å². The summed E-state index contributed by atoms with van der Waals surface area (Å²) >= 11 is 0. The van der Waals surface area contributed by atoms with Crippen molar-refractivity contribution in [2.24, 2.45) is 5.73 Å². The van der Waals surface area contributed by atoms with Gasteiger partial charge in [-0.1, -0.05) is 17.6 Å². The molecule has 3 nitrogen and oxygen atoms in total. The Kier molecular flexibility index (Phi) is 2.38. The second-order valence-electron chi connectivity index (χ2n) is 3.39. The summed E-state index contributed by atoms with van der Waals surface area (Å²) in [7, 11) is 5.76. The fraction of sp³-hybridized carbons (Fsp3) is 0.400. The molecule has 1 unspecified atom stereocenters. The first-order valence-electron chi connectivity index (χ1n) is 4.63. The molecule has 14 heavy (non-hydrogen) atoms. The molecule has 0 aliphatic carbocycles. The number of fused-ring (bicyclic) bond motifs is 1. The van der Waals surface area contributed by atoms with E-state index < -0.39 is 0 Å². The van der Waals surface area contributed by atoms with Gasteiger partial charge in [-0.25, -0.2) is 0 Å². The van der Waals surface area contributed by atoms with Crippen LogP contribution in [0, 0.1) is 0 Å². The van der Waals surface area contributed by atoms with Gasteiger partial charge in [-0.05, 0) is 6.92 Å². The average Bonchev–Trinajstić information content (AvgIpc) is 2.18. The Morgan fingerprint density at radius 2 is 1.93 bits per heavy atom. The van der Waals surface area contributed by atoms with Crippen molar-refractivity contribution in [3.05, 3.63) is 17.7 Å². The van der Waals surface area contributed by atoms with Crippen molar-refractivity contribution in [2.45, 2.75) is 13.0 Å². The minimum atomic E-state index is -0.0777. The van der Waals surface area contributed by atoms with Crippen molar-refractivity contribution in [3.63, 3.8) is 0 Å². The molecule has 2 rings (SSSR count). The van der Waals surface area contributed by atoms with Crippen LogP contribution in [0.5, 0.6) is 11.5 Å². The highest BCUT2D eigenvalue weighted by Crippen LogP contribution is 2.34. The zero-order valence-electron chi connectivity index (χ0n) is 8.12. The van der Waals surface area contributed by atoms with E-state index in [1.165, 1.54) is 0 Å². The molecule has 0 spiro atoms. The van der Waals surface area contributed by atoms with E-state index in [0.717, 1.165) is 5.56 Å². The number of ether oxygens (including phenoxy) is 2. The predicted octanol–water partition coefficient (Wildman–Crippen LogP) is 0.271. The topological polar surface area (TPSA) is 44.5 Å². The molecule has 1 aromatic rings. The van der Waals surface area contributed by atoms with Crippen molar-refractivity contribution in [1.29, 1.82) is 0 Å². The zero-order valence-corrected chi connectivity index (χ0v) is 8.12. The molecule has 0 saturated heterocycles. The van der Waals surface area contributed by atoms with Crippen molar-refractivity contribution < 1.29 is 9.47 Å². The summed E-state index contributed by atoms with van der Waals surface area (Å²) in [5, 5.41) is 0. The molecule has 4 heteroatoms. The summed E-state index contributed by atoms with van der Waals surface area (Å²) in [6, 6.07) is 3.60. The molecule has 0 bridgehead atoms. The maximum Gasteiger partial charge on any atom is 0.165 e. The molecule has 0 saturated carbocycles. The monoisotopic (exact) mass is 189 g/mol. The molecule has 1 aromatic carbocycles. The molecule has 72 valence electrons. The molecule has 2 radical (unpaired) electrons. The van der Waals surface area contributed by atoms with Crippen LogP contribution in [0.1, 0.15) is 18.5 Å². The van der Waals surface area contributed by atoms with Crippen molar-refractivity contribution in [1.82, 2.24) is 0 Å². The molecule has 0 fully saturated rings. The van der Waals surface area contributed by atoms with Crippen LogP contribution in [0.2, 0.25) is 0 Å². The van der Waals surface area contributed by atoms with Crippen molar-refractivity contribution in [3.8, 4) is 11.5 Å². The first kappa shape index (κ1) is 9.40. The number of benzene rings is 1. The van der Waals surface area contributed by atoms with Crippen molar-refractivity contribution in [2.75, 3.05) is 13.2 Å². The largest absolute Gasteiger partial charge is 0.487 e. The van der Waals surface area contributed by atoms with Crippen LogP contribution in [0.4, 0.5) is 0 Å². The van der Waals surface area contributed by atoms with Gasteiger partial charge in [0.05, 0.1) is 0 Å². The van der Waals surface area contributed by atoms with Crippen LogP contribution in [-0.4, -0.2) is 21.1 Å². The fourth-order valence-electron chi connectivity index (χ4n) is 1.54. The summed E-state index contributed by atoms with van der Waals surface area (Å²) in [5.74, 6) is 1.33. The highest BCUT2D eigenvalue weighted by Gasteiger charge is 2.19. The van der Waals surface area contributed by atoms with Gasteiger partial charge >= 0.3 is 0 Å². The Labute approximate surface area is 84.6 Å². The fourth-order valence-corrected chi connectivity index (χ4v) is 1.54. The van der Waals surface area contributed by atoms with Crippen LogP contribution in [0.3, 0.4) is 0 Å². The molecule has 0 amide bonds. The smallest absolute Gasteiger partial charge is 0.165 e. The van der Waals surface area contributed by atoms with E-state index >= 15 is 0 Å². The summed E-state index contributed by atoms with van der Waals surface area (Å²) < 4.78 is 11.0. The Hall–Kier alpha value is -1.16. The van der Waals surface area contributed by atoms with Crippen LogP contribution in [0.25, 0.3) is 0 Å². The number of rotatable bonds is 1. The first-order valence-corrected chi connectivity index (χ1v) is 4.63. The highest BCUT2D eigenvalue weighted by atomic mass is 16.6. The molecule has 1 aliphatic rings. The minimum Gasteiger partial charge on any atom is -0.487 e. The van der Waals surface area contributed by atoms with E-state index in [9.17, 15) is 0 Å². The van der Waals surface area contributed by atoms with Gasteiger partial charge < -0.3 is 15.2 Å². The standard InChI is InChI=1S/C10H12BNO2/c1-6(12)7-2-3-8(11)10-9(7)13-4-5-14-10/h2-3,6H,4-5,12H2,1H3. The Morgan fingerprint density at radius 1 is 1.29 bits per heavy atom. The molecule has 1 aliphatic heterocycles. The summed E-state index contributed by atoms with van der Waals surface area (Å²) in [5.41, 5.74) is 7.35. The Balaban J connectivity index is 2.53. The van der Waals surface area contributed by atoms with E-state index in [2.05, 4.69) is 0 Å². The van der Waals surface area contributed by atoms with Crippen LogP contribution >= 0.6 is 0 Å². The maximum atomic E-state index is 5.81. The maximum absolute atomic E-state index is 5.81. The van der Waals surface area contributed by atoms with Gasteiger partial charge in [-0.3, -0.25) is 0 Å². The number of hydrogen-bond donors (Lipinski definition) is 1. The summed E-state index contributed by atoms with van der Waals surface area (Å²) in [6.07, 6.45) is 0. The van der Waals surface area contributed by atoms with E-state index in [-0.39, 0.29) is 6.04 Å². The SMILES string of the molecule is [B]c1ccc(C(C)N)c2c1OCCO2. The molecular formula is C10H12BNO2. The lowest BCUT2D eigenvalue weighted by Gasteiger charge is -2.24. The second-order valence-corrected chi connectivity index (χ2v) is 3.39. The third-order valence-corrected chi connectivity index (χ3v) is 2.24. The van der Waals surface area contributed by atoms with Crippen LogP contribution < -0.4 is 20.7 Å². The predicted molar refractivity (Wildman–Crippen MR) is 55.4 cm³/mol. The second kappa shape index (κ2) is 3.54. The normalized spacial score (nSPS) is 16.4. The van der Waals surface area contributed by atoms with Gasteiger partial charge in [-0.2, -0.15) is 0 Å². The number of hydrogen-bond acceptors (Lipinski definition) is 3. The Bertz CT molecular complexity index is 352. The summed E-state index contributed by atoms with van der Waals surface area (Å²) in [4.78, 5) is 0. The van der Waals surface area contributed by atoms with Gasteiger partial charge in [0.1, 0.15) is 21.1 Å². The van der Waals surface area contributed by atoms with Crippen LogP contribution in [0.15, 0.2) is 12.1 Å². The zero-order chi connectivity index (χ0) is 10.1. The van der Waals surface area contributed by atoms with Gasteiger partial charge in [-0.15, -0.1) is 0 Å². The van der Waals surface area contributed by atoms with E-state index in [1.807, 2.05) is 13.0 Å². The van der Waals surface area contributed by atoms with Gasteiger partial charge in [0.2, 0.25) is 0 Å². The van der Waals surface area contributed by atoms with Gasteiger partial charge in [0.15, 0.2) is 11.5 Å². The minimum absolute atomic E-state index is 0.0777. The molecule has 2 N–H and O–H groups in total. The van der Waals surface area contributed by atoms with Gasteiger partial charge in [0.25, 0.3) is 0 Å². The molecule has 0 aromatic heterocycles. The van der Waals surface area contributed by atoms with E-state index in [4.69, 9.17) is 23.1 Å². The lowest BCUT2D eigenvalue weighted by molar-refractivity contribution is 0.171. The molecular weight excluding hydrogens is 177 g/mol. The lowest BCUT2D eigenvalue weighted by atomic mass is 9.91. The molecule has 1 atom stereocenters. The number of nitrogens with two attached hydrogens (primary N) is 1. The Morgan fingerprint density at radius 3 is 2.57 bits per heavy atom. The third kappa shape index (κ3) is 1.46. The molecule has 1 heterocycles. The summed E-state index contributed by atoms with van der Waals surface area (Å²) in [6.45, 7) is 3.00. The quantitative estimate of drug-likeness (QED) is 0.645. The third-order valence-electron chi connectivity index (χ3n) is 2.24. The van der Waals surface area contributed by atoms with E-state index in [0.29, 0.717) is 30.2 Å². The van der Waals surface area contributed by atoms with Gasteiger partial charge in [0, 0.05) is 11.6 Å². The van der Waals surface area contributed by atoms with Crippen LogP contribution in [-0.2, 0) is 0 Å².